The molecule has 0 saturated carbocycles. The first kappa shape index (κ1) is 9.92. The van der Waals surface area contributed by atoms with Crippen molar-refractivity contribution in [3.8, 4) is 0 Å². The summed E-state index contributed by atoms with van der Waals surface area (Å²) in [5, 5.41) is 0. The lowest BCUT2D eigenvalue weighted by Gasteiger charge is -2.32. The molecule has 0 amide bonds. The first-order valence-corrected chi connectivity index (χ1v) is 3.87. The van der Waals surface area contributed by atoms with Gasteiger partial charge in [-0.1, -0.05) is 20.8 Å². The molecule has 62 valence electrons. The summed E-state index contributed by atoms with van der Waals surface area (Å²) in [5.41, 5.74) is 11.5. The van der Waals surface area contributed by atoms with Crippen molar-refractivity contribution in [1.29, 1.82) is 0 Å². The van der Waals surface area contributed by atoms with Crippen molar-refractivity contribution >= 4 is 0 Å². The van der Waals surface area contributed by atoms with E-state index in [0.29, 0.717) is 12.5 Å². The van der Waals surface area contributed by atoms with E-state index in [-0.39, 0.29) is 11.5 Å². The van der Waals surface area contributed by atoms with Gasteiger partial charge in [0.2, 0.25) is 0 Å². The second-order valence-electron chi connectivity index (χ2n) is 3.84. The van der Waals surface area contributed by atoms with Gasteiger partial charge < -0.3 is 11.5 Å². The standard InChI is InChI=1S/C8H20N2/c1-6(7(2)10)8(3,4)5-9/h6-7H,5,9-10H2,1-4H3. The molecule has 4 N–H and O–H groups in total. The van der Waals surface area contributed by atoms with Gasteiger partial charge in [0.25, 0.3) is 0 Å². The molecule has 0 bridgehead atoms. The molecule has 0 heterocycles. The average Bonchev–Trinajstić information content (AvgIpc) is 1.86. The fraction of sp³-hybridized carbons (Fsp3) is 1.00. The third-order valence-electron chi connectivity index (χ3n) is 2.55. The highest BCUT2D eigenvalue weighted by atomic mass is 14.7. The quantitative estimate of drug-likeness (QED) is 0.619. The molecule has 0 radical (unpaired) electrons. The van der Waals surface area contributed by atoms with Crippen molar-refractivity contribution in [2.24, 2.45) is 22.8 Å². The zero-order chi connectivity index (χ0) is 8.36. The summed E-state index contributed by atoms with van der Waals surface area (Å²) in [4.78, 5) is 0. The van der Waals surface area contributed by atoms with Crippen LogP contribution in [0.15, 0.2) is 0 Å². The molecule has 2 nitrogen and oxygen atoms in total. The van der Waals surface area contributed by atoms with Gasteiger partial charge in [-0.3, -0.25) is 0 Å². The van der Waals surface area contributed by atoms with Crippen LogP contribution in [0.1, 0.15) is 27.7 Å². The van der Waals surface area contributed by atoms with Crippen molar-refractivity contribution in [3.05, 3.63) is 0 Å². The maximum absolute atomic E-state index is 5.74. The van der Waals surface area contributed by atoms with Crippen LogP contribution in [-0.2, 0) is 0 Å². The van der Waals surface area contributed by atoms with Crippen LogP contribution in [0.25, 0.3) is 0 Å². The molecular formula is C8H20N2. The SMILES string of the molecule is CC(N)C(C)C(C)(C)CN. The van der Waals surface area contributed by atoms with E-state index >= 15 is 0 Å². The summed E-state index contributed by atoms with van der Waals surface area (Å²) >= 11 is 0. The van der Waals surface area contributed by atoms with Gasteiger partial charge in [-0.15, -0.1) is 0 Å². The Hall–Kier alpha value is -0.0800. The van der Waals surface area contributed by atoms with Crippen LogP contribution < -0.4 is 11.5 Å². The van der Waals surface area contributed by atoms with Crippen LogP contribution >= 0.6 is 0 Å². The molecule has 0 saturated heterocycles. The highest BCUT2D eigenvalue weighted by Crippen LogP contribution is 2.26. The number of rotatable bonds is 3. The molecule has 2 unspecified atom stereocenters. The topological polar surface area (TPSA) is 52.0 Å². The van der Waals surface area contributed by atoms with E-state index in [4.69, 9.17) is 11.5 Å². The molecular weight excluding hydrogens is 124 g/mol. The maximum Gasteiger partial charge on any atom is 0.00416 e. The van der Waals surface area contributed by atoms with Crippen molar-refractivity contribution in [1.82, 2.24) is 0 Å². The predicted octanol–water partition coefficient (Wildman–Crippen LogP) is 0.955. The first-order valence-electron chi connectivity index (χ1n) is 3.87. The lowest BCUT2D eigenvalue weighted by Crippen LogP contribution is -2.40. The molecule has 0 spiro atoms. The highest BCUT2D eigenvalue weighted by Gasteiger charge is 2.26. The van der Waals surface area contributed by atoms with E-state index in [9.17, 15) is 0 Å². The normalized spacial score (nSPS) is 18.6. The largest absolute Gasteiger partial charge is 0.330 e. The fourth-order valence-corrected chi connectivity index (χ4v) is 0.898. The Morgan fingerprint density at radius 1 is 1.30 bits per heavy atom. The Morgan fingerprint density at radius 3 is 1.80 bits per heavy atom. The van der Waals surface area contributed by atoms with Gasteiger partial charge in [0, 0.05) is 6.04 Å². The van der Waals surface area contributed by atoms with Crippen molar-refractivity contribution < 1.29 is 0 Å². The van der Waals surface area contributed by atoms with E-state index in [1.807, 2.05) is 6.92 Å². The van der Waals surface area contributed by atoms with Crippen LogP contribution in [0.2, 0.25) is 0 Å². The Labute approximate surface area is 64.0 Å². The number of nitrogens with two attached hydrogens (primary N) is 2. The zero-order valence-corrected chi connectivity index (χ0v) is 7.52. The van der Waals surface area contributed by atoms with Crippen LogP contribution in [0.4, 0.5) is 0 Å². The first-order chi connectivity index (χ1) is 4.41. The molecule has 2 atom stereocenters. The fourth-order valence-electron chi connectivity index (χ4n) is 0.898. The van der Waals surface area contributed by atoms with E-state index in [1.165, 1.54) is 0 Å². The Balaban J connectivity index is 4.03. The summed E-state index contributed by atoms with van der Waals surface area (Å²) in [6, 6.07) is 0.235. The van der Waals surface area contributed by atoms with Gasteiger partial charge >= 0.3 is 0 Å². The highest BCUT2D eigenvalue weighted by molar-refractivity contribution is 4.80. The molecule has 2 heteroatoms. The Bertz CT molecular complexity index is 97.4. The molecule has 0 aliphatic carbocycles. The van der Waals surface area contributed by atoms with Gasteiger partial charge in [-0.05, 0) is 24.8 Å². The lowest BCUT2D eigenvalue weighted by molar-refractivity contribution is 0.212. The van der Waals surface area contributed by atoms with Crippen molar-refractivity contribution in [3.63, 3.8) is 0 Å². The van der Waals surface area contributed by atoms with Gasteiger partial charge in [0.15, 0.2) is 0 Å². The lowest BCUT2D eigenvalue weighted by atomic mass is 9.77. The zero-order valence-electron chi connectivity index (χ0n) is 7.52. The third kappa shape index (κ3) is 2.27. The smallest absolute Gasteiger partial charge is 0.00416 e. The van der Waals surface area contributed by atoms with Crippen LogP contribution in [0.3, 0.4) is 0 Å². The summed E-state index contributed by atoms with van der Waals surface area (Å²) < 4.78 is 0. The minimum atomic E-state index is 0.175. The van der Waals surface area contributed by atoms with Gasteiger partial charge in [-0.2, -0.15) is 0 Å². The summed E-state index contributed by atoms with van der Waals surface area (Å²) in [7, 11) is 0. The molecule has 10 heavy (non-hydrogen) atoms. The Morgan fingerprint density at radius 2 is 1.70 bits per heavy atom. The Kier molecular flexibility index (Phi) is 3.33. The van der Waals surface area contributed by atoms with Crippen molar-refractivity contribution in [2.75, 3.05) is 6.54 Å². The molecule has 0 aliphatic rings. The minimum absolute atomic E-state index is 0.175. The second kappa shape index (κ2) is 3.35. The second-order valence-corrected chi connectivity index (χ2v) is 3.84. The van der Waals surface area contributed by atoms with E-state index in [2.05, 4.69) is 20.8 Å². The third-order valence-corrected chi connectivity index (χ3v) is 2.55. The molecule has 0 aliphatic heterocycles. The van der Waals surface area contributed by atoms with Crippen LogP contribution in [0, 0.1) is 11.3 Å². The van der Waals surface area contributed by atoms with Crippen LogP contribution in [0.5, 0.6) is 0 Å². The number of hydrogen-bond acceptors (Lipinski definition) is 2. The summed E-state index contributed by atoms with van der Waals surface area (Å²) in [6.45, 7) is 9.19. The molecule has 0 fully saturated rings. The predicted molar refractivity (Wildman–Crippen MR) is 45.6 cm³/mol. The van der Waals surface area contributed by atoms with Crippen molar-refractivity contribution in [2.45, 2.75) is 33.7 Å². The van der Waals surface area contributed by atoms with Gasteiger partial charge in [0.05, 0.1) is 0 Å². The average molecular weight is 144 g/mol. The van der Waals surface area contributed by atoms with E-state index < -0.39 is 0 Å². The summed E-state index contributed by atoms with van der Waals surface area (Å²) in [5.74, 6) is 0.484. The molecule has 0 rings (SSSR count). The van der Waals surface area contributed by atoms with Gasteiger partial charge in [0.1, 0.15) is 0 Å². The van der Waals surface area contributed by atoms with Crippen LogP contribution in [-0.4, -0.2) is 12.6 Å². The van der Waals surface area contributed by atoms with Gasteiger partial charge in [-0.25, -0.2) is 0 Å². The van der Waals surface area contributed by atoms with E-state index in [1.54, 1.807) is 0 Å². The molecule has 0 aromatic rings. The number of hydrogen-bond donors (Lipinski definition) is 2. The minimum Gasteiger partial charge on any atom is -0.330 e. The molecule has 0 aromatic carbocycles. The summed E-state index contributed by atoms with van der Waals surface area (Å²) in [6.07, 6.45) is 0. The van der Waals surface area contributed by atoms with E-state index in [0.717, 1.165) is 0 Å². The maximum atomic E-state index is 5.74. The monoisotopic (exact) mass is 144 g/mol. The molecule has 0 aromatic heterocycles.